The SMILES string of the molecule is CN(C(=O)c1ccccc1OC(F)F)c1ccccc1. The van der Waals surface area contributed by atoms with Crippen LogP contribution < -0.4 is 9.64 Å². The number of carbonyl (C=O) groups is 1. The van der Waals surface area contributed by atoms with Gasteiger partial charge in [0.2, 0.25) is 0 Å². The zero-order valence-electron chi connectivity index (χ0n) is 10.8. The largest absolute Gasteiger partial charge is 0.434 e. The fourth-order valence-electron chi connectivity index (χ4n) is 1.79. The molecule has 0 saturated carbocycles. The van der Waals surface area contributed by atoms with Crippen molar-refractivity contribution in [1.82, 2.24) is 0 Å². The molecule has 2 rings (SSSR count). The molecule has 0 aliphatic carbocycles. The van der Waals surface area contributed by atoms with Gasteiger partial charge in [-0.1, -0.05) is 30.3 Å². The normalized spacial score (nSPS) is 10.4. The zero-order valence-corrected chi connectivity index (χ0v) is 10.8. The standard InChI is InChI=1S/C15H13F2NO2/c1-18(11-7-3-2-4-8-11)14(19)12-9-5-6-10-13(12)20-15(16)17/h2-10,15H,1H3. The molecule has 0 radical (unpaired) electrons. The lowest BCUT2D eigenvalue weighted by Gasteiger charge is -2.19. The number of rotatable bonds is 4. The van der Waals surface area contributed by atoms with Crippen LogP contribution in [0.3, 0.4) is 0 Å². The lowest BCUT2D eigenvalue weighted by molar-refractivity contribution is -0.0501. The summed E-state index contributed by atoms with van der Waals surface area (Å²) in [4.78, 5) is 13.7. The number of hydrogen-bond donors (Lipinski definition) is 0. The minimum Gasteiger partial charge on any atom is -0.434 e. The Hall–Kier alpha value is -2.43. The summed E-state index contributed by atoms with van der Waals surface area (Å²) in [5, 5.41) is 0. The minimum absolute atomic E-state index is 0.0964. The average molecular weight is 277 g/mol. The highest BCUT2D eigenvalue weighted by Crippen LogP contribution is 2.23. The molecular formula is C15H13F2NO2. The van der Waals surface area contributed by atoms with Gasteiger partial charge in [0.1, 0.15) is 5.75 Å². The van der Waals surface area contributed by atoms with E-state index in [1.165, 1.54) is 23.1 Å². The molecule has 0 atom stereocenters. The second-order valence-electron chi connectivity index (χ2n) is 4.07. The lowest BCUT2D eigenvalue weighted by Crippen LogP contribution is -2.26. The van der Waals surface area contributed by atoms with Gasteiger partial charge in [0.25, 0.3) is 5.91 Å². The topological polar surface area (TPSA) is 29.5 Å². The molecule has 0 fully saturated rings. The first-order valence-electron chi connectivity index (χ1n) is 5.96. The number of amides is 1. The number of alkyl halides is 2. The van der Waals surface area contributed by atoms with Crippen molar-refractivity contribution in [2.45, 2.75) is 6.61 Å². The van der Waals surface area contributed by atoms with Crippen molar-refractivity contribution in [3.05, 3.63) is 60.2 Å². The number of benzene rings is 2. The Morgan fingerprint density at radius 3 is 2.30 bits per heavy atom. The third-order valence-electron chi connectivity index (χ3n) is 2.78. The van der Waals surface area contributed by atoms with Gasteiger partial charge in [-0.15, -0.1) is 0 Å². The lowest BCUT2D eigenvalue weighted by atomic mass is 10.1. The molecule has 1 amide bonds. The van der Waals surface area contributed by atoms with E-state index in [-0.39, 0.29) is 11.3 Å². The number of para-hydroxylation sites is 2. The molecule has 104 valence electrons. The molecule has 0 aromatic heterocycles. The molecular weight excluding hydrogens is 264 g/mol. The van der Waals surface area contributed by atoms with Crippen LogP contribution in [-0.4, -0.2) is 19.6 Å². The van der Waals surface area contributed by atoms with Gasteiger partial charge in [-0.2, -0.15) is 8.78 Å². The number of hydrogen-bond acceptors (Lipinski definition) is 2. The maximum atomic E-state index is 12.3. The number of carbonyl (C=O) groups excluding carboxylic acids is 1. The molecule has 0 spiro atoms. The van der Waals surface area contributed by atoms with Crippen LogP contribution in [0.4, 0.5) is 14.5 Å². The second kappa shape index (κ2) is 6.14. The number of anilines is 1. The molecule has 0 aliphatic heterocycles. The summed E-state index contributed by atoms with van der Waals surface area (Å²) in [6.07, 6.45) is 0. The maximum Gasteiger partial charge on any atom is 0.387 e. The Labute approximate surface area is 115 Å². The summed E-state index contributed by atoms with van der Waals surface area (Å²) in [7, 11) is 1.58. The highest BCUT2D eigenvalue weighted by Gasteiger charge is 2.19. The molecule has 0 unspecified atom stereocenters. The van der Waals surface area contributed by atoms with Gasteiger partial charge in [0.15, 0.2) is 0 Å². The second-order valence-corrected chi connectivity index (χ2v) is 4.07. The molecule has 0 heterocycles. The fraction of sp³-hybridized carbons (Fsp3) is 0.133. The third-order valence-corrected chi connectivity index (χ3v) is 2.78. The van der Waals surface area contributed by atoms with E-state index >= 15 is 0 Å². The van der Waals surface area contributed by atoms with E-state index in [9.17, 15) is 13.6 Å². The average Bonchev–Trinajstić information content (AvgIpc) is 2.46. The van der Waals surface area contributed by atoms with E-state index < -0.39 is 12.5 Å². The smallest absolute Gasteiger partial charge is 0.387 e. The molecule has 0 bridgehead atoms. The van der Waals surface area contributed by atoms with Crippen LogP contribution in [0.15, 0.2) is 54.6 Å². The van der Waals surface area contributed by atoms with E-state index in [0.29, 0.717) is 5.69 Å². The molecule has 2 aromatic carbocycles. The van der Waals surface area contributed by atoms with Crippen molar-refractivity contribution >= 4 is 11.6 Å². The molecule has 0 aliphatic rings. The summed E-state index contributed by atoms with van der Waals surface area (Å²) in [6.45, 7) is -2.97. The van der Waals surface area contributed by atoms with Gasteiger partial charge >= 0.3 is 6.61 Å². The van der Waals surface area contributed by atoms with Gasteiger partial charge < -0.3 is 9.64 Å². The molecule has 0 saturated heterocycles. The Morgan fingerprint density at radius 2 is 1.65 bits per heavy atom. The van der Waals surface area contributed by atoms with Gasteiger partial charge in [0.05, 0.1) is 5.56 Å². The molecule has 5 heteroatoms. The van der Waals surface area contributed by atoms with Crippen LogP contribution in [0.1, 0.15) is 10.4 Å². The summed E-state index contributed by atoms with van der Waals surface area (Å²) in [5.41, 5.74) is 0.767. The summed E-state index contributed by atoms with van der Waals surface area (Å²) in [6, 6.07) is 14.9. The predicted octanol–water partition coefficient (Wildman–Crippen LogP) is 3.56. The van der Waals surface area contributed by atoms with E-state index in [1.807, 2.05) is 6.07 Å². The summed E-state index contributed by atoms with van der Waals surface area (Å²) in [5.74, 6) is -0.539. The zero-order chi connectivity index (χ0) is 14.5. The van der Waals surface area contributed by atoms with Gasteiger partial charge in [0, 0.05) is 12.7 Å². The Bertz CT molecular complexity index is 587. The first-order valence-corrected chi connectivity index (χ1v) is 5.96. The monoisotopic (exact) mass is 277 g/mol. The first kappa shape index (κ1) is 14.0. The maximum absolute atomic E-state index is 12.3. The molecule has 2 aromatic rings. The van der Waals surface area contributed by atoms with Gasteiger partial charge in [-0.3, -0.25) is 4.79 Å². The minimum atomic E-state index is -2.97. The first-order chi connectivity index (χ1) is 9.59. The number of ether oxygens (including phenoxy) is 1. The van der Waals surface area contributed by atoms with E-state index in [0.717, 1.165) is 0 Å². The number of halogens is 2. The van der Waals surface area contributed by atoms with Crippen molar-refractivity contribution in [2.75, 3.05) is 11.9 Å². The Balaban J connectivity index is 2.29. The van der Waals surface area contributed by atoms with E-state index in [1.54, 1.807) is 37.4 Å². The van der Waals surface area contributed by atoms with E-state index in [2.05, 4.69) is 4.74 Å². The van der Waals surface area contributed by atoms with E-state index in [4.69, 9.17) is 0 Å². The summed E-state index contributed by atoms with van der Waals surface area (Å²) < 4.78 is 29.1. The van der Waals surface area contributed by atoms with Crippen LogP contribution in [0, 0.1) is 0 Å². The molecule has 3 nitrogen and oxygen atoms in total. The summed E-state index contributed by atoms with van der Waals surface area (Å²) >= 11 is 0. The quantitative estimate of drug-likeness (QED) is 0.855. The van der Waals surface area contributed by atoms with Crippen LogP contribution in [0.2, 0.25) is 0 Å². The molecule has 0 N–H and O–H groups in total. The fourth-order valence-corrected chi connectivity index (χ4v) is 1.79. The highest BCUT2D eigenvalue weighted by molar-refractivity contribution is 6.07. The predicted molar refractivity (Wildman–Crippen MR) is 72.2 cm³/mol. The highest BCUT2D eigenvalue weighted by atomic mass is 19.3. The Morgan fingerprint density at radius 1 is 1.05 bits per heavy atom. The van der Waals surface area contributed by atoms with Crippen LogP contribution in [0.5, 0.6) is 5.75 Å². The van der Waals surface area contributed by atoms with Crippen molar-refractivity contribution in [1.29, 1.82) is 0 Å². The van der Waals surface area contributed by atoms with Gasteiger partial charge in [-0.05, 0) is 24.3 Å². The van der Waals surface area contributed by atoms with Crippen LogP contribution in [0.25, 0.3) is 0 Å². The van der Waals surface area contributed by atoms with Crippen molar-refractivity contribution in [2.24, 2.45) is 0 Å². The van der Waals surface area contributed by atoms with Crippen LogP contribution >= 0.6 is 0 Å². The van der Waals surface area contributed by atoms with Gasteiger partial charge in [-0.25, -0.2) is 0 Å². The van der Waals surface area contributed by atoms with Crippen molar-refractivity contribution in [3.63, 3.8) is 0 Å². The number of nitrogens with zero attached hydrogens (tertiary/aromatic N) is 1. The third kappa shape index (κ3) is 3.12. The molecule has 20 heavy (non-hydrogen) atoms. The Kier molecular flexibility index (Phi) is 4.30. The van der Waals surface area contributed by atoms with Crippen molar-refractivity contribution < 1.29 is 18.3 Å². The van der Waals surface area contributed by atoms with Crippen molar-refractivity contribution in [3.8, 4) is 5.75 Å². The van der Waals surface area contributed by atoms with Crippen LogP contribution in [-0.2, 0) is 0 Å².